The second-order valence-electron chi connectivity index (χ2n) is 13.4. The van der Waals surface area contributed by atoms with Crippen molar-refractivity contribution in [1.82, 2.24) is 0 Å². The molecule has 0 saturated heterocycles. The van der Waals surface area contributed by atoms with Crippen molar-refractivity contribution < 1.29 is 24.6 Å². The minimum Gasteiger partial charge on any atom is -0.481 e. The molecule has 4 aliphatic rings. The molecule has 7 unspecified atom stereocenters. The van der Waals surface area contributed by atoms with Gasteiger partial charge >= 0.3 is 5.97 Å². The standard InChI is InChI=1S/C30H44O5/c1-17(2)9-8-10-18(26(34)35)24-22(32)16-30(7)20-15-21(31)25-27(3,4)23(33)12-13-28(25,5)19(20)11-14-29(24,30)6/h9,18,21,24-25,31H,8,10-16H2,1-7H3,(H,34,35). The van der Waals surface area contributed by atoms with Crippen molar-refractivity contribution in [2.75, 3.05) is 0 Å². The van der Waals surface area contributed by atoms with Gasteiger partial charge in [-0.05, 0) is 63.2 Å². The Hall–Kier alpha value is -1.75. The van der Waals surface area contributed by atoms with Gasteiger partial charge in [0.2, 0.25) is 0 Å². The molecule has 2 fully saturated rings. The molecular formula is C30H44O5. The van der Waals surface area contributed by atoms with Crippen LogP contribution in [0.4, 0.5) is 0 Å². The molecule has 2 N–H and O–H groups in total. The Labute approximate surface area is 210 Å². The molecule has 0 aliphatic heterocycles. The lowest BCUT2D eigenvalue weighted by Crippen LogP contribution is -2.58. The zero-order valence-electron chi connectivity index (χ0n) is 22.7. The second kappa shape index (κ2) is 8.39. The van der Waals surface area contributed by atoms with Crippen LogP contribution in [0, 0.1) is 39.4 Å². The second-order valence-corrected chi connectivity index (χ2v) is 13.4. The maximum atomic E-state index is 13.7. The summed E-state index contributed by atoms with van der Waals surface area (Å²) in [5, 5.41) is 21.7. The number of fused-ring (bicyclic) bond motifs is 4. The van der Waals surface area contributed by atoms with E-state index >= 15 is 0 Å². The van der Waals surface area contributed by atoms with E-state index in [-0.39, 0.29) is 22.9 Å². The van der Waals surface area contributed by atoms with Gasteiger partial charge in [0.15, 0.2) is 0 Å². The monoisotopic (exact) mass is 484 g/mol. The highest BCUT2D eigenvalue weighted by atomic mass is 16.4. The summed E-state index contributed by atoms with van der Waals surface area (Å²) in [5.41, 5.74) is 1.91. The number of carboxylic acid groups (broad SMARTS) is 1. The number of rotatable bonds is 5. The SMILES string of the molecule is CC(C)=CCCC(C(=O)O)C1C(=O)CC2(C)C3=C(CCC12C)C1(C)CCC(=O)C(C)(C)C1C(O)C3. The number of carboxylic acids is 1. The minimum absolute atomic E-state index is 0.0641. The average molecular weight is 485 g/mol. The predicted octanol–water partition coefficient (Wildman–Crippen LogP) is 5.90. The highest BCUT2D eigenvalue weighted by Crippen LogP contribution is 2.71. The number of carbonyl (C=O) groups is 3. The minimum atomic E-state index is -0.876. The van der Waals surface area contributed by atoms with Crippen LogP contribution in [0.1, 0.15) is 99.8 Å². The van der Waals surface area contributed by atoms with E-state index in [9.17, 15) is 24.6 Å². The van der Waals surface area contributed by atoms with E-state index in [4.69, 9.17) is 0 Å². The first-order valence-electron chi connectivity index (χ1n) is 13.4. The molecule has 194 valence electrons. The number of hydrogen-bond acceptors (Lipinski definition) is 4. The highest BCUT2D eigenvalue weighted by molar-refractivity contribution is 5.91. The van der Waals surface area contributed by atoms with Crippen LogP contribution in [0.15, 0.2) is 22.8 Å². The molecular weight excluding hydrogens is 440 g/mol. The summed E-state index contributed by atoms with van der Waals surface area (Å²) in [7, 11) is 0. The fraction of sp³-hybridized carbons (Fsp3) is 0.767. The lowest BCUT2D eigenvalue weighted by atomic mass is 9.43. The van der Waals surface area contributed by atoms with E-state index in [0.717, 1.165) is 24.8 Å². The molecule has 0 aromatic heterocycles. The van der Waals surface area contributed by atoms with Gasteiger partial charge in [-0.1, -0.05) is 57.4 Å². The molecule has 0 heterocycles. The summed E-state index contributed by atoms with van der Waals surface area (Å²) >= 11 is 0. The fourth-order valence-electron chi connectivity index (χ4n) is 9.13. The molecule has 0 amide bonds. The Morgan fingerprint density at radius 2 is 1.71 bits per heavy atom. The third kappa shape index (κ3) is 3.62. The smallest absolute Gasteiger partial charge is 0.307 e. The summed E-state index contributed by atoms with van der Waals surface area (Å²) in [5.74, 6) is -1.93. The van der Waals surface area contributed by atoms with Crippen molar-refractivity contribution in [3.63, 3.8) is 0 Å². The summed E-state index contributed by atoms with van der Waals surface area (Å²) in [4.78, 5) is 38.9. The van der Waals surface area contributed by atoms with Crippen LogP contribution < -0.4 is 0 Å². The zero-order valence-corrected chi connectivity index (χ0v) is 22.7. The topological polar surface area (TPSA) is 91.7 Å². The molecule has 4 rings (SSSR count). The normalized spacial score (nSPS) is 41.1. The highest BCUT2D eigenvalue weighted by Gasteiger charge is 2.68. The van der Waals surface area contributed by atoms with Crippen molar-refractivity contribution in [3.8, 4) is 0 Å². The van der Waals surface area contributed by atoms with Crippen LogP contribution in [0.5, 0.6) is 0 Å². The van der Waals surface area contributed by atoms with E-state index in [1.54, 1.807) is 0 Å². The Kier molecular flexibility index (Phi) is 6.31. The van der Waals surface area contributed by atoms with Crippen LogP contribution in [0.3, 0.4) is 0 Å². The summed E-state index contributed by atoms with van der Waals surface area (Å²) < 4.78 is 0. The Morgan fingerprint density at radius 1 is 1.06 bits per heavy atom. The van der Waals surface area contributed by atoms with Crippen molar-refractivity contribution in [3.05, 3.63) is 22.8 Å². The Morgan fingerprint density at radius 3 is 2.31 bits per heavy atom. The summed E-state index contributed by atoms with van der Waals surface area (Å²) in [6.45, 7) is 14.5. The van der Waals surface area contributed by atoms with Gasteiger partial charge in [0.1, 0.15) is 11.6 Å². The van der Waals surface area contributed by atoms with Crippen molar-refractivity contribution in [1.29, 1.82) is 0 Å². The molecule has 0 aromatic carbocycles. The zero-order chi connectivity index (χ0) is 26.1. The van der Waals surface area contributed by atoms with Gasteiger partial charge in [-0.3, -0.25) is 14.4 Å². The Balaban J connectivity index is 1.78. The van der Waals surface area contributed by atoms with Gasteiger partial charge in [-0.25, -0.2) is 0 Å². The van der Waals surface area contributed by atoms with Gasteiger partial charge < -0.3 is 10.2 Å². The molecule has 0 bridgehead atoms. The average Bonchev–Trinajstić information content (AvgIpc) is 2.94. The summed E-state index contributed by atoms with van der Waals surface area (Å²) in [6, 6.07) is 0. The van der Waals surface area contributed by atoms with E-state index in [1.807, 2.05) is 27.7 Å². The molecule has 0 radical (unpaired) electrons. The quantitative estimate of drug-likeness (QED) is 0.474. The van der Waals surface area contributed by atoms with Crippen LogP contribution >= 0.6 is 0 Å². The lowest BCUT2D eigenvalue weighted by molar-refractivity contribution is -0.151. The van der Waals surface area contributed by atoms with Gasteiger partial charge in [-0.15, -0.1) is 0 Å². The van der Waals surface area contributed by atoms with Crippen LogP contribution in [-0.4, -0.2) is 33.9 Å². The van der Waals surface area contributed by atoms with E-state index in [0.29, 0.717) is 32.1 Å². The number of aliphatic hydroxyl groups excluding tert-OH is 1. The van der Waals surface area contributed by atoms with E-state index in [1.165, 1.54) is 11.1 Å². The molecule has 5 nitrogen and oxygen atoms in total. The molecule has 4 aliphatic carbocycles. The number of aliphatic hydroxyl groups is 1. The number of allylic oxidation sites excluding steroid dienone is 3. The molecule has 5 heteroatoms. The first kappa shape index (κ1) is 26.3. The number of carbonyl (C=O) groups excluding carboxylic acids is 2. The maximum absolute atomic E-state index is 13.7. The number of aliphatic carboxylic acids is 1. The predicted molar refractivity (Wildman–Crippen MR) is 136 cm³/mol. The fourth-order valence-corrected chi connectivity index (χ4v) is 9.13. The first-order chi connectivity index (χ1) is 16.1. The third-order valence-electron chi connectivity index (χ3n) is 11.0. The van der Waals surface area contributed by atoms with E-state index < -0.39 is 40.2 Å². The van der Waals surface area contributed by atoms with Crippen LogP contribution in [0.25, 0.3) is 0 Å². The number of ketones is 2. The molecule has 0 aromatic rings. The van der Waals surface area contributed by atoms with Crippen LogP contribution in [0.2, 0.25) is 0 Å². The Bertz CT molecular complexity index is 1010. The van der Waals surface area contributed by atoms with Crippen molar-refractivity contribution in [2.45, 2.75) is 106 Å². The van der Waals surface area contributed by atoms with Crippen molar-refractivity contribution in [2.24, 2.45) is 39.4 Å². The third-order valence-corrected chi connectivity index (χ3v) is 11.0. The van der Waals surface area contributed by atoms with Gasteiger partial charge in [0.05, 0.1) is 12.0 Å². The number of Topliss-reactive ketones (excluding diaryl/α,β-unsaturated/α-hetero) is 2. The number of hydrogen-bond donors (Lipinski definition) is 2. The largest absolute Gasteiger partial charge is 0.481 e. The first-order valence-corrected chi connectivity index (χ1v) is 13.4. The molecule has 0 spiro atoms. The van der Waals surface area contributed by atoms with Gasteiger partial charge in [0, 0.05) is 35.5 Å². The molecule has 7 atom stereocenters. The van der Waals surface area contributed by atoms with Gasteiger partial charge in [-0.2, -0.15) is 0 Å². The van der Waals surface area contributed by atoms with Gasteiger partial charge in [0.25, 0.3) is 0 Å². The maximum Gasteiger partial charge on any atom is 0.307 e. The van der Waals surface area contributed by atoms with Crippen molar-refractivity contribution >= 4 is 17.5 Å². The lowest BCUT2D eigenvalue weighted by Gasteiger charge is -2.61. The van der Waals surface area contributed by atoms with Crippen LogP contribution in [-0.2, 0) is 14.4 Å². The summed E-state index contributed by atoms with van der Waals surface area (Å²) in [6.07, 6.45) is 6.21. The molecule has 35 heavy (non-hydrogen) atoms. The molecule has 2 saturated carbocycles. The van der Waals surface area contributed by atoms with E-state index in [2.05, 4.69) is 26.8 Å².